The van der Waals surface area contributed by atoms with Crippen LogP contribution < -0.4 is 0 Å². The standard InChI is InChI=1S/C18H26O6/c1-3-4-10-21-16-14(19)15-13(23-18(16)20-2)11-22-17(24-15)12-8-6-5-7-9-12/h5-9,13-19H,3-4,10-11H2,1-2H3/t13-,14+,15-,16+,17?,18+/m1/s1. The van der Waals surface area contributed by atoms with Gasteiger partial charge in [0.25, 0.3) is 0 Å². The highest BCUT2D eigenvalue weighted by Crippen LogP contribution is 2.35. The second-order valence-electron chi connectivity index (χ2n) is 6.13. The summed E-state index contributed by atoms with van der Waals surface area (Å²) >= 11 is 0. The lowest BCUT2D eigenvalue weighted by atomic mass is 9.97. The number of aliphatic hydroxyl groups is 1. The molecule has 24 heavy (non-hydrogen) atoms. The Morgan fingerprint density at radius 1 is 1.21 bits per heavy atom. The van der Waals surface area contributed by atoms with Gasteiger partial charge in [-0.3, -0.25) is 0 Å². The third kappa shape index (κ3) is 3.79. The SMILES string of the molecule is CCCCO[C@@H]1[C@@H](OC)O[C@@H]2COC(c3ccccc3)O[C@H]2[C@@H]1O. The van der Waals surface area contributed by atoms with Crippen LogP contribution in [0.25, 0.3) is 0 Å². The van der Waals surface area contributed by atoms with E-state index < -0.39 is 30.9 Å². The summed E-state index contributed by atoms with van der Waals surface area (Å²) in [4.78, 5) is 0. The van der Waals surface area contributed by atoms with Crippen molar-refractivity contribution in [1.29, 1.82) is 0 Å². The first kappa shape index (κ1) is 17.8. The molecule has 2 saturated heterocycles. The van der Waals surface area contributed by atoms with Crippen LogP contribution in [-0.2, 0) is 23.7 Å². The smallest absolute Gasteiger partial charge is 0.186 e. The molecule has 2 fully saturated rings. The van der Waals surface area contributed by atoms with Crippen molar-refractivity contribution in [3.63, 3.8) is 0 Å². The van der Waals surface area contributed by atoms with Gasteiger partial charge >= 0.3 is 0 Å². The van der Waals surface area contributed by atoms with Gasteiger partial charge in [-0.05, 0) is 6.42 Å². The third-order valence-corrected chi connectivity index (χ3v) is 4.42. The molecule has 2 heterocycles. The molecule has 0 bridgehead atoms. The van der Waals surface area contributed by atoms with Gasteiger partial charge in [-0.2, -0.15) is 0 Å². The van der Waals surface area contributed by atoms with Crippen molar-refractivity contribution in [2.75, 3.05) is 20.3 Å². The number of unbranched alkanes of at least 4 members (excludes halogenated alkanes) is 1. The highest BCUT2D eigenvalue weighted by atomic mass is 16.8. The second kappa shape index (κ2) is 8.38. The van der Waals surface area contributed by atoms with Crippen molar-refractivity contribution in [2.24, 2.45) is 0 Å². The van der Waals surface area contributed by atoms with Crippen molar-refractivity contribution in [2.45, 2.75) is 56.8 Å². The summed E-state index contributed by atoms with van der Waals surface area (Å²) in [5.74, 6) is 0. The quantitative estimate of drug-likeness (QED) is 0.801. The average molecular weight is 338 g/mol. The Hall–Kier alpha value is -1.02. The third-order valence-electron chi connectivity index (χ3n) is 4.42. The summed E-state index contributed by atoms with van der Waals surface area (Å²) in [5.41, 5.74) is 0.917. The summed E-state index contributed by atoms with van der Waals surface area (Å²) in [6, 6.07) is 9.68. The Balaban J connectivity index is 1.69. The highest BCUT2D eigenvalue weighted by Gasteiger charge is 2.50. The number of ether oxygens (including phenoxy) is 5. The summed E-state index contributed by atoms with van der Waals surface area (Å²) < 4.78 is 28.8. The zero-order chi connectivity index (χ0) is 16.9. The van der Waals surface area contributed by atoms with Crippen LogP contribution in [0.15, 0.2) is 30.3 Å². The number of methoxy groups -OCH3 is 1. The lowest BCUT2D eigenvalue weighted by Gasteiger charge is -2.47. The number of rotatable bonds is 6. The van der Waals surface area contributed by atoms with E-state index in [-0.39, 0.29) is 6.10 Å². The van der Waals surface area contributed by atoms with Gasteiger partial charge in [0.1, 0.15) is 24.4 Å². The van der Waals surface area contributed by atoms with E-state index in [0.717, 1.165) is 18.4 Å². The molecule has 0 spiro atoms. The fourth-order valence-corrected chi connectivity index (χ4v) is 3.08. The molecule has 0 radical (unpaired) electrons. The Labute approximate surface area is 142 Å². The normalized spacial score (nSPS) is 36.3. The summed E-state index contributed by atoms with van der Waals surface area (Å²) in [7, 11) is 1.55. The van der Waals surface area contributed by atoms with Crippen LogP contribution in [-0.4, -0.2) is 56.1 Å². The van der Waals surface area contributed by atoms with E-state index in [2.05, 4.69) is 6.92 Å². The average Bonchev–Trinajstić information content (AvgIpc) is 2.64. The fourth-order valence-electron chi connectivity index (χ4n) is 3.08. The lowest BCUT2D eigenvalue weighted by Crippen LogP contribution is -2.62. The predicted octanol–water partition coefficient (Wildman–Crippen LogP) is 2.02. The van der Waals surface area contributed by atoms with Gasteiger partial charge in [0.15, 0.2) is 12.6 Å². The topological polar surface area (TPSA) is 66.4 Å². The largest absolute Gasteiger partial charge is 0.387 e. The van der Waals surface area contributed by atoms with Gasteiger partial charge in [-0.1, -0.05) is 43.7 Å². The first-order valence-electron chi connectivity index (χ1n) is 8.54. The van der Waals surface area contributed by atoms with Crippen molar-refractivity contribution < 1.29 is 28.8 Å². The molecular weight excluding hydrogens is 312 g/mol. The summed E-state index contributed by atoms with van der Waals surface area (Å²) in [6.45, 7) is 2.98. The van der Waals surface area contributed by atoms with E-state index in [1.807, 2.05) is 30.3 Å². The van der Waals surface area contributed by atoms with Crippen LogP contribution in [0.4, 0.5) is 0 Å². The Bertz CT molecular complexity index is 496. The molecule has 3 rings (SSSR count). The van der Waals surface area contributed by atoms with Gasteiger partial charge < -0.3 is 28.8 Å². The Morgan fingerprint density at radius 3 is 2.71 bits per heavy atom. The molecule has 1 unspecified atom stereocenters. The molecule has 0 aromatic heterocycles. The van der Waals surface area contributed by atoms with E-state index in [0.29, 0.717) is 13.2 Å². The van der Waals surface area contributed by atoms with Crippen LogP contribution in [0.1, 0.15) is 31.6 Å². The molecule has 2 aliphatic rings. The first-order valence-corrected chi connectivity index (χ1v) is 8.54. The monoisotopic (exact) mass is 338 g/mol. The summed E-state index contributed by atoms with van der Waals surface area (Å²) in [5, 5.41) is 10.8. The first-order chi connectivity index (χ1) is 11.7. The molecular formula is C18H26O6. The Morgan fingerprint density at radius 2 is 2.00 bits per heavy atom. The summed E-state index contributed by atoms with van der Waals surface area (Å²) in [6.07, 6.45) is -1.49. The maximum Gasteiger partial charge on any atom is 0.186 e. The van der Waals surface area contributed by atoms with E-state index >= 15 is 0 Å². The van der Waals surface area contributed by atoms with Crippen molar-refractivity contribution >= 4 is 0 Å². The molecule has 0 aliphatic carbocycles. The minimum absolute atomic E-state index is 0.336. The van der Waals surface area contributed by atoms with Crippen molar-refractivity contribution in [1.82, 2.24) is 0 Å². The predicted molar refractivity (Wildman–Crippen MR) is 86.3 cm³/mol. The lowest BCUT2D eigenvalue weighted by molar-refractivity contribution is -0.362. The van der Waals surface area contributed by atoms with Crippen LogP contribution in [0, 0.1) is 0 Å². The zero-order valence-corrected chi connectivity index (χ0v) is 14.2. The molecule has 1 N–H and O–H groups in total. The minimum Gasteiger partial charge on any atom is -0.387 e. The maximum absolute atomic E-state index is 10.8. The van der Waals surface area contributed by atoms with Crippen molar-refractivity contribution in [3.05, 3.63) is 35.9 Å². The zero-order valence-electron chi connectivity index (χ0n) is 14.2. The molecule has 6 nitrogen and oxygen atoms in total. The molecule has 0 saturated carbocycles. The van der Waals surface area contributed by atoms with Gasteiger partial charge in [-0.25, -0.2) is 0 Å². The fraction of sp³-hybridized carbons (Fsp3) is 0.667. The Kier molecular flexibility index (Phi) is 6.21. The number of fused-ring (bicyclic) bond motifs is 1. The van der Waals surface area contributed by atoms with E-state index in [4.69, 9.17) is 23.7 Å². The van der Waals surface area contributed by atoms with Crippen LogP contribution in [0.2, 0.25) is 0 Å². The molecule has 6 atom stereocenters. The van der Waals surface area contributed by atoms with Crippen LogP contribution in [0.5, 0.6) is 0 Å². The number of hydrogen-bond donors (Lipinski definition) is 1. The maximum atomic E-state index is 10.8. The molecule has 6 heteroatoms. The molecule has 2 aliphatic heterocycles. The van der Waals surface area contributed by atoms with E-state index in [1.54, 1.807) is 7.11 Å². The van der Waals surface area contributed by atoms with Crippen LogP contribution in [0.3, 0.4) is 0 Å². The molecule has 1 aromatic carbocycles. The minimum atomic E-state index is -0.833. The van der Waals surface area contributed by atoms with Gasteiger partial charge in [0, 0.05) is 19.3 Å². The van der Waals surface area contributed by atoms with Crippen molar-refractivity contribution in [3.8, 4) is 0 Å². The van der Waals surface area contributed by atoms with E-state index in [9.17, 15) is 5.11 Å². The molecule has 1 aromatic rings. The van der Waals surface area contributed by atoms with Crippen LogP contribution >= 0.6 is 0 Å². The van der Waals surface area contributed by atoms with Gasteiger partial charge in [-0.15, -0.1) is 0 Å². The number of aliphatic hydroxyl groups excluding tert-OH is 1. The molecule has 134 valence electrons. The van der Waals surface area contributed by atoms with Gasteiger partial charge in [0.05, 0.1) is 6.61 Å². The number of benzene rings is 1. The highest BCUT2D eigenvalue weighted by molar-refractivity contribution is 5.16. The van der Waals surface area contributed by atoms with E-state index in [1.165, 1.54) is 0 Å². The molecule has 0 amide bonds. The number of hydrogen-bond acceptors (Lipinski definition) is 6. The van der Waals surface area contributed by atoms with Gasteiger partial charge in [0.2, 0.25) is 0 Å². The second-order valence-corrected chi connectivity index (χ2v) is 6.13.